The molecule has 1 aliphatic rings. The lowest BCUT2D eigenvalue weighted by atomic mass is 10.0. The quantitative estimate of drug-likeness (QED) is 0.762. The molecule has 2 rings (SSSR count). The second-order valence-corrected chi connectivity index (χ2v) is 4.74. The minimum atomic E-state index is -0.374. The molecule has 1 aromatic rings. The average Bonchev–Trinajstić information content (AvgIpc) is 2.64. The molecule has 1 aliphatic heterocycles. The van der Waals surface area contributed by atoms with E-state index in [1.165, 1.54) is 0 Å². The van der Waals surface area contributed by atoms with E-state index in [0.717, 1.165) is 5.56 Å². The molecule has 1 atom stereocenters. The van der Waals surface area contributed by atoms with Gasteiger partial charge in [0.25, 0.3) is 0 Å². The molecule has 0 saturated carbocycles. The molecule has 92 valence electrons. The number of amides is 1. The van der Waals surface area contributed by atoms with E-state index in [4.69, 9.17) is 16.3 Å². The molecule has 1 saturated heterocycles. The van der Waals surface area contributed by atoms with Crippen LogP contribution in [0.1, 0.15) is 19.4 Å². The van der Waals surface area contributed by atoms with Gasteiger partial charge in [-0.2, -0.15) is 4.98 Å². The first-order valence-electron chi connectivity index (χ1n) is 5.46. The summed E-state index contributed by atoms with van der Waals surface area (Å²) in [6.45, 7) is 6.31. The van der Waals surface area contributed by atoms with Gasteiger partial charge < -0.3 is 4.74 Å². The molecule has 0 aromatic carbocycles. The molecule has 5 nitrogen and oxygen atoms in total. The van der Waals surface area contributed by atoms with Crippen LogP contribution in [0, 0.1) is 12.8 Å². The number of carbonyl (C=O) groups excluding carboxylic acids is 1. The fourth-order valence-electron chi connectivity index (χ4n) is 1.83. The SMILES string of the molecule is Cc1cnc(Cl)nc1N1C(=O)OC[C@@H]1C(C)C. The summed E-state index contributed by atoms with van der Waals surface area (Å²) in [7, 11) is 0. The Morgan fingerprint density at radius 3 is 2.94 bits per heavy atom. The Morgan fingerprint density at radius 2 is 2.29 bits per heavy atom. The van der Waals surface area contributed by atoms with Crippen molar-refractivity contribution in [3.8, 4) is 0 Å². The first-order valence-corrected chi connectivity index (χ1v) is 5.83. The number of hydrogen-bond acceptors (Lipinski definition) is 4. The van der Waals surface area contributed by atoms with E-state index < -0.39 is 0 Å². The Hall–Kier alpha value is -1.36. The van der Waals surface area contributed by atoms with Gasteiger partial charge in [-0.1, -0.05) is 13.8 Å². The largest absolute Gasteiger partial charge is 0.447 e. The standard InChI is InChI=1S/C11H14ClN3O2/c1-6(2)8-5-17-11(16)15(8)9-7(3)4-13-10(12)14-9/h4,6,8H,5H2,1-3H3/t8-/m1/s1. The molecule has 0 N–H and O–H groups in total. The van der Waals surface area contributed by atoms with E-state index in [2.05, 4.69) is 9.97 Å². The number of cyclic esters (lactones) is 1. The van der Waals surface area contributed by atoms with Crippen molar-refractivity contribution in [2.24, 2.45) is 5.92 Å². The molecule has 0 aliphatic carbocycles. The van der Waals surface area contributed by atoms with Crippen molar-refractivity contribution >= 4 is 23.5 Å². The summed E-state index contributed by atoms with van der Waals surface area (Å²) in [5.74, 6) is 0.820. The zero-order valence-corrected chi connectivity index (χ0v) is 10.7. The molecular weight excluding hydrogens is 242 g/mol. The van der Waals surface area contributed by atoms with E-state index >= 15 is 0 Å². The zero-order chi connectivity index (χ0) is 12.6. The number of aryl methyl sites for hydroxylation is 1. The highest BCUT2D eigenvalue weighted by Gasteiger charge is 2.37. The van der Waals surface area contributed by atoms with E-state index in [1.54, 1.807) is 11.1 Å². The van der Waals surface area contributed by atoms with Crippen LogP contribution in [0.15, 0.2) is 6.20 Å². The Morgan fingerprint density at radius 1 is 1.59 bits per heavy atom. The van der Waals surface area contributed by atoms with Crippen molar-refractivity contribution < 1.29 is 9.53 Å². The lowest BCUT2D eigenvalue weighted by Crippen LogP contribution is -2.38. The van der Waals surface area contributed by atoms with Crippen LogP contribution in [0.3, 0.4) is 0 Å². The molecule has 0 bridgehead atoms. The molecule has 1 fully saturated rings. The van der Waals surface area contributed by atoms with Crippen molar-refractivity contribution in [2.75, 3.05) is 11.5 Å². The number of anilines is 1. The van der Waals surface area contributed by atoms with Gasteiger partial charge >= 0.3 is 6.09 Å². The average molecular weight is 256 g/mol. The first-order chi connectivity index (χ1) is 8.00. The summed E-state index contributed by atoms with van der Waals surface area (Å²) in [6.07, 6.45) is 1.23. The molecule has 6 heteroatoms. The van der Waals surface area contributed by atoms with Crippen LogP contribution < -0.4 is 4.90 Å². The second kappa shape index (κ2) is 4.49. The maximum atomic E-state index is 11.8. The maximum Gasteiger partial charge on any atom is 0.415 e. The number of aromatic nitrogens is 2. The third kappa shape index (κ3) is 2.20. The molecule has 0 spiro atoms. The smallest absolute Gasteiger partial charge is 0.415 e. The summed E-state index contributed by atoms with van der Waals surface area (Å²) in [4.78, 5) is 21.3. The normalized spacial score (nSPS) is 19.9. The van der Waals surface area contributed by atoms with Crippen LogP contribution in [-0.2, 0) is 4.74 Å². The van der Waals surface area contributed by atoms with Crippen molar-refractivity contribution in [1.29, 1.82) is 0 Å². The van der Waals surface area contributed by atoms with Crippen LogP contribution in [0.4, 0.5) is 10.6 Å². The fourth-order valence-corrected chi connectivity index (χ4v) is 1.96. The van der Waals surface area contributed by atoms with Gasteiger partial charge in [0, 0.05) is 11.8 Å². The minimum Gasteiger partial charge on any atom is -0.447 e. The van der Waals surface area contributed by atoms with Gasteiger partial charge in [-0.15, -0.1) is 0 Å². The maximum absolute atomic E-state index is 11.8. The number of ether oxygens (including phenoxy) is 1. The van der Waals surface area contributed by atoms with Gasteiger partial charge in [0.1, 0.15) is 12.4 Å². The molecule has 0 unspecified atom stereocenters. The summed E-state index contributed by atoms with van der Waals surface area (Å²) in [5.41, 5.74) is 0.805. The lowest BCUT2D eigenvalue weighted by Gasteiger charge is -2.24. The predicted octanol–water partition coefficient (Wildman–Crippen LogP) is 2.42. The molecule has 1 amide bonds. The van der Waals surface area contributed by atoms with Gasteiger partial charge in [-0.05, 0) is 24.4 Å². The Labute approximate surface area is 105 Å². The summed E-state index contributed by atoms with van der Waals surface area (Å²) in [6, 6.07) is -0.00725. The van der Waals surface area contributed by atoms with Gasteiger partial charge in [0.15, 0.2) is 0 Å². The number of rotatable bonds is 2. The summed E-state index contributed by atoms with van der Waals surface area (Å²) in [5, 5.41) is 0.132. The molecule has 0 radical (unpaired) electrons. The molecule has 2 heterocycles. The van der Waals surface area contributed by atoms with Crippen molar-refractivity contribution in [1.82, 2.24) is 9.97 Å². The minimum absolute atomic E-state index is 0.00725. The van der Waals surface area contributed by atoms with Gasteiger partial charge in [-0.25, -0.2) is 9.78 Å². The highest BCUT2D eigenvalue weighted by atomic mass is 35.5. The van der Waals surface area contributed by atoms with Gasteiger partial charge in [0.2, 0.25) is 5.28 Å². The van der Waals surface area contributed by atoms with Crippen LogP contribution in [0.25, 0.3) is 0 Å². The molecular formula is C11H14ClN3O2. The fraction of sp³-hybridized carbons (Fsp3) is 0.545. The van der Waals surface area contributed by atoms with Crippen LogP contribution >= 0.6 is 11.6 Å². The predicted molar refractivity (Wildman–Crippen MR) is 64.2 cm³/mol. The molecule has 1 aromatic heterocycles. The number of halogens is 1. The highest BCUT2D eigenvalue weighted by Crippen LogP contribution is 2.28. The molecule has 17 heavy (non-hydrogen) atoms. The monoisotopic (exact) mass is 255 g/mol. The van der Waals surface area contributed by atoms with E-state index in [0.29, 0.717) is 12.4 Å². The van der Waals surface area contributed by atoms with Crippen LogP contribution in [0.2, 0.25) is 5.28 Å². The van der Waals surface area contributed by atoms with Crippen molar-refractivity contribution in [3.63, 3.8) is 0 Å². The number of hydrogen-bond donors (Lipinski definition) is 0. The third-order valence-corrected chi connectivity index (χ3v) is 3.00. The topological polar surface area (TPSA) is 55.3 Å². The summed E-state index contributed by atoms with van der Waals surface area (Å²) < 4.78 is 5.07. The first kappa shape index (κ1) is 12.1. The Balaban J connectivity index is 2.42. The zero-order valence-electron chi connectivity index (χ0n) is 9.98. The number of carbonyl (C=O) groups is 1. The van der Waals surface area contributed by atoms with Crippen LogP contribution in [0.5, 0.6) is 0 Å². The van der Waals surface area contributed by atoms with E-state index in [9.17, 15) is 4.79 Å². The highest BCUT2D eigenvalue weighted by molar-refractivity contribution is 6.28. The third-order valence-electron chi connectivity index (χ3n) is 2.82. The second-order valence-electron chi connectivity index (χ2n) is 4.40. The van der Waals surface area contributed by atoms with Crippen molar-refractivity contribution in [3.05, 3.63) is 17.0 Å². The Kier molecular flexibility index (Phi) is 3.19. The van der Waals surface area contributed by atoms with Crippen molar-refractivity contribution in [2.45, 2.75) is 26.8 Å². The van der Waals surface area contributed by atoms with Gasteiger partial charge in [-0.3, -0.25) is 4.90 Å². The number of nitrogens with zero attached hydrogens (tertiary/aromatic N) is 3. The Bertz CT molecular complexity index is 450. The summed E-state index contributed by atoms with van der Waals surface area (Å²) >= 11 is 5.77. The lowest BCUT2D eigenvalue weighted by molar-refractivity contribution is 0.177. The van der Waals surface area contributed by atoms with E-state index in [1.807, 2.05) is 20.8 Å². The van der Waals surface area contributed by atoms with Crippen LogP contribution in [-0.4, -0.2) is 28.7 Å². The van der Waals surface area contributed by atoms with Gasteiger partial charge in [0.05, 0.1) is 6.04 Å². The van der Waals surface area contributed by atoms with E-state index in [-0.39, 0.29) is 23.3 Å².